The summed E-state index contributed by atoms with van der Waals surface area (Å²) in [5, 5.41) is 10.4. The molecule has 7 nitrogen and oxygen atoms in total. The van der Waals surface area contributed by atoms with Gasteiger partial charge in [0.2, 0.25) is 0 Å². The Hall–Kier alpha value is -3.97. The van der Waals surface area contributed by atoms with E-state index in [-0.39, 0.29) is 5.69 Å². The molecule has 0 aliphatic heterocycles. The molecular weight excluding hydrogens is 472 g/mol. The number of benzene rings is 2. The van der Waals surface area contributed by atoms with E-state index in [4.69, 9.17) is 17.3 Å². The van der Waals surface area contributed by atoms with Crippen LogP contribution in [0.1, 0.15) is 42.6 Å². The van der Waals surface area contributed by atoms with E-state index < -0.39 is 5.91 Å². The number of halogens is 1. The Bertz CT molecular complexity index is 1610. The van der Waals surface area contributed by atoms with Crippen molar-refractivity contribution in [1.29, 1.82) is 0 Å². The van der Waals surface area contributed by atoms with E-state index in [0.29, 0.717) is 22.6 Å². The van der Waals surface area contributed by atoms with Crippen LogP contribution in [0.2, 0.25) is 5.15 Å². The summed E-state index contributed by atoms with van der Waals surface area (Å²) in [7, 11) is 0. The fraction of sp³-hybridized carbons (Fsp3) is 0.214. The number of anilines is 1. The molecule has 1 fully saturated rings. The van der Waals surface area contributed by atoms with Crippen LogP contribution in [0.4, 0.5) is 5.69 Å². The van der Waals surface area contributed by atoms with E-state index in [9.17, 15) is 4.79 Å². The molecule has 3 N–H and O–H groups in total. The molecule has 8 heteroatoms. The lowest BCUT2D eigenvalue weighted by Crippen LogP contribution is -2.25. The predicted octanol–water partition coefficient (Wildman–Crippen LogP) is 6.13. The molecular formula is C28H25ClN6O. The average Bonchev–Trinajstić information content (AvgIpc) is 3.25. The monoisotopic (exact) mass is 496 g/mol. The van der Waals surface area contributed by atoms with Crippen molar-refractivity contribution >= 4 is 45.0 Å². The van der Waals surface area contributed by atoms with Crippen molar-refractivity contribution in [2.24, 2.45) is 5.73 Å². The van der Waals surface area contributed by atoms with Crippen LogP contribution < -0.4 is 11.1 Å². The summed E-state index contributed by atoms with van der Waals surface area (Å²) in [6.45, 7) is 0. The van der Waals surface area contributed by atoms with Gasteiger partial charge in [-0.1, -0.05) is 61.2 Å². The number of carbonyl (C=O) groups excluding carboxylic acids is 1. The maximum Gasteiger partial charge on any atom is 0.269 e. The highest BCUT2D eigenvalue weighted by Crippen LogP contribution is 2.36. The van der Waals surface area contributed by atoms with Crippen molar-refractivity contribution in [2.45, 2.75) is 38.1 Å². The van der Waals surface area contributed by atoms with E-state index in [0.717, 1.165) is 45.8 Å². The first-order valence-corrected chi connectivity index (χ1v) is 12.6. The first kappa shape index (κ1) is 22.5. The number of nitrogens with zero attached hydrogens (tertiary/aromatic N) is 4. The molecule has 2 aromatic carbocycles. The van der Waals surface area contributed by atoms with Gasteiger partial charge in [-0.15, -0.1) is 0 Å². The summed E-state index contributed by atoms with van der Waals surface area (Å²) < 4.78 is 1.76. The van der Waals surface area contributed by atoms with Crippen LogP contribution in [0.5, 0.6) is 0 Å². The topological polar surface area (TPSA) is 98.7 Å². The number of nitrogens with two attached hydrogens (primary N) is 1. The molecule has 3 aromatic heterocycles. The highest BCUT2D eigenvalue weighted by atomic mass is 35.5. The highest BCUT2D eigenvalue weighted by molar-refractivity contribution is 6.35. The molecule has 1 aliphatic rings. The zero-order valence-corrected chi connectivity index (χ0v) is 20.4. The number of pyridine rings is 2. The fourth-order valence-corrected chi connectivity index (χ4v) is 5.40. The molecule has 1 aliphatic carbocycles. The highest BCUT2D eigenvalue weighted by Gasteiger charge is 2.20. The van der Waals surface area contributed by atoms with Crippen molar-refractivity contribution in [3.63, 3.8) is 0 Å². The number of fused-ring (bicyclic) bond motifs is 2. The zero-order chi connectivity index (χ0) is 24.6. The van der Waals surface area contributed by atoms with Gasteiger partial charge in [0.05, 0.1) is 28.6 Å². The molecule has 6 rings (SSSR count). The van der Waals surface area contributed by atoms with Crippen LogP contribution in [0.3, 0.4) is 0 Å². The smallest absolute Gasteiger partial charge is 0.269 e. The number of hydrogen-bond donors (Lipinski definition) is 2. The maximum absolute atomic E-state index is 12.1. The lowest BCUT2D eigenvalue weighted by Gasteiger charge is -2.24. The number of aromatic nitrogens is 4. The van der Waals surface area contributed by atoms with Crippen molar-refractivity contribution in [3.8, 4) is 16.8 Å². The van der Waals surface area contributed by atoms with Crippen molar-refractivity contribution in [2.75, 3.05) is 5.32 Å². The molecule has 1 amide bonds. The fourth-order valence-electron chi connectivity index (χ4n) is 5.12. The first-order chi connectivity index (χ1) is 17.6. The Balaban J connectivity index is 1.45. The number of nitrogens with one attached hydrogen (secondary N) is 1. The third kappa shape index (κ3) is 4.05. The molecule has 0 spiro atoms. The van der Waals surface area contributed by atoms with Crippen molar-refractivity contribution in [3.05, 3.63) is 77.8 Å². The third-order valence-corrected chi connectivity index (χ3v) is 7.15. The van der Waals surface area contributed by atoms with Gasteiger partial charge in [-0.3, -0.25) is 9.78 Å². The summed E-state index contributed by atoms with van der Waals surface area (Å²) in [6, 6.07) is 18.3. The number of hydrogen-bond acceptors (Lipinski definition) is 5. The normalized spacial score (nSPS) is 14.4. The minimum atomic E-state index is -0.561. The van der Waals surface area contributed by atoms with Gasteiger partial charge in [0.25, 0.3) is 5.91 Å². The Morgan fingerprint density at radius 3 is 2.67 bits per heavy atom. The molecule has 0 saturated heterocycles. The Morgan fingerprint density at radius 2 is 1.83 bits per heavy atom. The van der Waals surface area contributed by atoms with Crippen molar-refractivity contribution < 1.29 is 4.79 Å². The second kappa shape index (κ2) is 9.24. The van der Waals surface area contributed by atoms with Gasteiger partial charge in [-0.25, -0.2) is 9.67 Å². The van der Waals surface area contributed by atoms with Gasteiger partial charge in [0, 0.05) is 28.6 Å². The Labute approximate surface area is 213 Å². The zero-order valence-electron chi connectivity index (χ0n) is 19.6. The van der Waals surface area contributed by atoms with Crippen LogP contribution in [0.25, 0.3) is 38.6 Å². The van der Waals surface area contributed by atoms with Gasteiger partial charge in [-0.05, 0) is 42.7 Å². The van der Waals surface area contributed by atoms with Gasteiger partial charge < -0.3 is 11.1 Å². The SMILES string of the molecule is NC(=O)c1ncc(-n2nc(Cl)c3c(-c4cnc5ccccc5c4)cccc32)cc1NC1CCCCC1. The minimum Gasteiger partial charge on any atom is -0.380 e. The average molecular weight is 497 g/mol. The predicted molar refractivity (Wildman–Crippen MR) is 144 cm³/mol. The summed E-state index contributed by atoms with van der Waals surface area (Å²) in [5.74, 6) is -0.561. The van der Waals surface area contributed by atoms with E-state index in [2.05, 4.69) is 26.4 Å². The van der Waals surface area contributed by atoms with Gasteiger partial charge in [0.15, 0.2) is 10.8 Å². The summed E-state index contributed by atoms with van der Waals surface area (Å²) in [4.78, 5) is 21.1. The number of amides is 1. The summed E-state index contributed by atoms with van der Waals surface area (Å²) >= 11 is 6.72. The number of rotatable bonds is 5. The summed E-state index contributed by atoms with van der Waals surface area (Å²) in [5.41, 5.74) is 10.9. The number of para-hydroxylation sites is 1. The van der Waals surface area contributed by atoms with E-state index >= 15 is 0 Å². The van der Waals surface area contributed by atoms with Gasteiger partial charge in [0.1, 0.15) is 0 Å². The standard InChI is InChI=1S/C28H25ClN6O/c29-27-25-21(18-13-17-7-4-5-11-22(17)31-15-18)10-6-12-24(25)35(34-27)20-14-23(26(28(30)36)32-16-20)33-19-8-2-1-3-9-19/h4-7,10-16,19,33H,1-3,8-9H2,(H2,30,36). The van der Waals surface area contributed by atoms with E-state index in [1.54, 1.807) is 10.9 Å². The molecule has 5 aromatic rings. The summed E-state index contributed by atoms with van der Waals surface area (Å²) in [6.07, 6.45) is 9.17. The minimum absolute atomic E-state index is 0.231. The molecule has 0 unspecified atom stereocenters. The van der Waals surface area contributed by atoms with Crippen LogP contribution >= 0.6 is 11.6 Å². The first-order valence-electron chi connectivity index (χ1n) is 12.2. The molecule has 1 saturated carbocycles. The lowest BCUT2D eigenvalue weighted by molar-refractivity contribution is 0.0996. The quantitative estimate of drug-likeness (QED) is 0.305. The van der Waals surface area contributed by atoms with Gasteiger partial charge in [-0.2, -0.15) is 5.10 Å². The second-order valence-electron chi connectivity index (χ2n) is 9.25. The number of carbonyl (C=O) groups is 1. The second-order valence-corrected chi connectivity index (χ2v) is 9.61. The molecule has 0 atom stereocenters. The van der Waals surface area contributed by atoms with Gasteiger partial charge >= 0.3 is 0 Å². The molecule has 3 heterocycles. The molecule has 180 valence electrons. The lowest BCUT2D eigenvalue weighted by atomic mass is 9.95. The maximum atomic E-state index is 12.1. The van der Waals surface area contributed by atoms with Crippen LogP contribution in [-0.4, -0.2) is 31.7 Å². The molecule has 36 heavy (non-hydrogen) atoms. The Kier molecular flexibility index (Phi) is 5.77. The number of primary amides is 1. The van der Waals surface area contributed by atoms with E-state index in [1.165, 1.54) is 19.3 Å². The van der Waals surface area contributed by atoms with Crippen LogP contribution in [0.15, 0.2) is 67.0 Å². The van der Waals surface area contributed by atoms with Crippen molar-refractivity contribution in [1.82, 2.24) is 19.7 Å². The van der Waals surface area contributed by atoms with Crippen LogP contribution in [-0.2, 0) is 0 Å². The molecule has 0 radical (unpaired) electrons. The third-order valence-electron chi connectivity index (χ3n) is 6.88. The van der Waals surface area contributed by atoms with E-state index in [1.807, 2.05) is 54.7 Å². The molecule has 0 bridgehead atoms. The largest absolute Gasteiger partial charge is 0.380 e. The van der Waals surface area contributed by atoms with Crippen LogP contribution in [0, 0.1) is 0 Å². The Morgan fingerprint density at radius 1 is 1.00 bits per heavy atom.